The summed E-state index contributed by atoms with van der Waals surface area (Å²) in [5.74, 6) is 0.289. The standard InChI is InChI=1S/C9H18FN/c1-4-8-5-11(7(2)3)6-9(8)10/h7-9H,4-6H2,1-3H3. The Hall–Kier alpha value is -0.110. The Kier molecular flexibility index (Phi) is 2.88. The number of halogens is 1. The number of hydrogen-bond donors (Lipinski definition) is 0. The van der Waals surface area contributed by atoms with E-state index in [-0.39, 0.29) is 5.92 Å². The van der Waals surface area contributed by atoms with Crippen LogP contribution < -0.4 is 0 Å². The maximum absolute atomic E-state index is 13.2. The monoisotopic (exact) mass is 159 g/mol. The Labute approximate surface area is 68.6 Å². The van der Waals surface area contributed by atoms with Gasteiger partial charge in [0.15, 0.2) is 0 Å². The molecule has 2 heteroatoms. The van der Waals surface area contributed by atoms with E-state index in [1.807, 2.05) is 0 Å². The van der Waals surface area contributed by atoms with E-state index in [2.05, 4.69) is 25.7 Å². The number of hydrogen-bond acceptors (Lipinski definition) is 1. The SMILES string of the molecule is CCC1CN(C(C)C)CC1F. The normalized spacial score (nSPS) is 33.5. The highest BCUT2D eigenvalue weighted by Gasteiger charge is 2.32. The van der Waals surface area contributed by atoms with Crippen LogP contribution in [0.5, 0.6) is 0 Å². The highest BCUT2D eigenvalue weighted by molar-refractivity contribution is 4.84. The minimum Gasteiger partial charge on any atom is -0.298 e. The highest BCUT2D eigenvalue weighted by Crippen LogP contribution is 2.23. The molecule has 1 saturated heterocycles. The topological polar surface area (TPSA) is 3.24 Å². The first-order valence-corrected chi connectivity index (χ1v) is 4.53. The molecular weight excluding hydrogens is 141 g/mol. The second-order valence-corrected chi connectivity index (χ2v) is 3.73. The molecular formula is C9H18FN. The molecule has 0 aliphatic carbocycles. The molecule has 0 radical (unpaired) electrons. The second-order valence-electron chi connectivity index (χ2n) is 3.73. The van der Waals surface area contributed by atoms with E-state index < -0.39 is 6.17 Å². The van der Waals surface area contributed by atoms with Crippen LogP contribution in [-0.2, 0) is 0 Å². The summed E-state index contributed by atoms with van der Waals surface area (Å²) in [4.78, 5) is 2.22. The minimum absolute atomic E-state index is 0.289. The van der Waals surface area contributed by atoms with Gasteiger partial charge >= 0.3 is 0 Å². The summed E-state index contributed by atoms with van der Waals surface area (Å²) in [5, 5.41) is 0. The van der Waals surface area contributed by atoms with Crippen molar-refractivity contribution in [2.24, 2.45) is 5.92 Å². The van der Waals surface area contributed by atoms with Gasteiger partial charge in [0.2, 0.25) is 0 Å². The van der Waals surface area contributed by atoms with Crippen LogP contribution >= 0.6 is 0 Å². The average Bonchev–Trinajstić information content (AvgIpc) is 2.31. The van der Waals surface area contributed by atoms with E-state index in [1.54, 1.807) is 0 Å². The zero-order valence-electron chi connectivity index (χ0n) is 7.68. The predicted molar refractivity (Wildman–Crippen MR) is 45.4 cm³/mol. The molecule has 0 aromatic heterocycles. The zero-order chi connectivity index (χ0) is 8.43. The summed E-state index contributed by atoms with van der Waals surface area (Å²) in [6.07, 6.45) is 0.395. The molecule has 0 bridgehead atoms. The van der Waals surface area contributed by atoms with Crippen LogP contribution in [0, 0.1) is 5.92 Å². The van der Waals surface area contributed by atoms with E-state index in [9.17, 15) is 4.39 Å². The fourth-order valence-corrected chi connectivity index (χ4v) is 1.67. The molecule has 1 aliphatic rings. The summed E-state index contributed by atoms with van der Waals surface area (Å²) in [6.45, 7) is 7.93. The molecule has 1 rings (SSSR count). The van der Waals surface area contributed by atoms with Crippen molar-refractivity contribution in [2.75, 3.05) is 13.1 Å². The molecule has 0 aromatic carbocycles. The van der Waals surface area contributed by atoms with Gasteiger partial charge in [-0.3, -0.25) is 4.90 Å². The van der Waals surface area contributed by atoms with Gasteiger partial charge in [-0.1, -0.05) is 6.92 Å². The van der Waals surface area contributed by atoms with Crippen molar-refractivity contribution >= 4 is 0 Å². The third kappa shape index (κ3) is 1.92. The van der Waals surface area contributed by atoms with Crippen molar-refractivity contribution in [2.45, 2.75) is 39.4 Å². The minimum atomic E-state index is -0.581. The Bertz CT molecular complexity index is 125. The molecule has 0 amide bonds. The smallest absolute Gasteiger partial charge is 0.117 e. The van der Waals surface area contributed by atoms with Crippen molar-refractivity contribution in [3.63, 3.8) is 0 Å². The third-order valence-corrected chi connectivity index (χ3v) is 2.64. The molecule has 0 aromatic rings. The number of alkyl halides is 1. The van der Waals surface area contributed by atoms with Gasteiger partial charge in [0, 0.05) is 25.0 Å². The molecule has 2 atom stereocenters. The molecule has 0 N–H and O–H groups in total. The van der Waals surface area contributed by atoms with Crippen LogP contribution in [-0.4, -0.2) is 30.2 Å². The molecule has 1 nitrogen and oxygen atoms in total. The van der Waals surface area contributed by atoms with Crippen LogP contribution in [0.2, 0.25) is 0 Å². The van der Waals surface area contributed by atoms with Gasteiger partial charge in [-0.2, -0.15) is 0 Å². The van der Waals surface area contributed by atoms with E-state index in [4.69, 9.17) is 0 Å². The van der Waals surface area contributed by atoms with E-state index >= 15 is 0 Å². The fourth-order valence-electron chi connectivity index (χ4n) is 1.67. The first-order valence-electron chi connectivity index (χ1n) is 4.53. The average molecular weight is 159 g/mol. The van der Waals surface area contributed by atoms with Gasteiger partial charge in [-0.05, 0) is 20.3 Å². The number of nitrogens with zero attached hydrogens (tertiary/aromatic N) is 1. The van der Waals surface area contributed by atoms with Crippen LogP contribution in [0.25, 0.3) is 0 Å². The van der Waals surface area contributed by atoms with E-state index in [1.165, 1.54) is 0 Å². The lowest BCUT2D eigenvalue weighted by Crippen LogP contribution is -2.28. The van der Waals surface area contributed by atoms with Gasteiger partial charge in [-0.15, -0.1) is 0 Å². The molecule has 2 unspecified atom stereocenters. The maximum atomic E-state index is 13.2. The van der Waals surface area contributed by atoms with Crippen LogP contribution in [0.15, 0.2) is 0 Å². The summed E-state index contributed by atoms with van der Waals surface area (Å²) < 4.78 is 13.2. The molecule has 11 heavy (non-hydrogen) atoms. The van der Waals surface area contributed by atoms with Crippen molar-refractivity contribution in [3.8, 4) is 0 Å². The zero-order valence-corrected chi connectivity index (χ0v) is 7.68. The molecule has 0 spiro atoms. The molecule has 1 fully saturated rings. The molecule has 1 aliphatic heterocycles. The lowest BCUT2D eigenvalue weighted by molar-refractivity contribution is 0.244. The Morgan fingerprint density at radius 1 is 1.45 bits per heavy atom. The largest absolute Gasteiger partial charge is 0.298 e. The third-order valence-electron chi connectivity index (χ3n) is 2.64. The van der Waals surface area contributed by atoms with Crippen LogP contribution in [0.1, 0.15) is 27.2 Å². The van der Waals surface area contributed by atoms with Crippen LogP contribution in [0.3, 0.4) is 0 Å². The quantitative estimate of drug-likeness (QED) is 0.596. The summed E-state index contributed by atoms with van der Waals surface area (Å²) >= 11 is 0. The van der Waals surface area contributed by atoms with Crippen LogP contribution in [0.4, 0.5) is 4.39 Å². The van der Waals surface area contributed by atoms with Gasteiger partial charge in [0.1, 0.15) is 6.17 Å². The first kappa shape index (κ1) is 8.98. The molecule has 66 valence electrons. The van der Waals surface area contributed by atoms with Gasteiger partial charge in [0.25, 0.3) is 0 Å². The maximum Gasteiger partial charge on any atom is 0.117 e. The predicted octanol–water partition coefficient (Wildman–Crippen LogP) is 2.07. The molecule has 0 saturated carbocycles. The summed E-state index contributed by atoms with van der Waals surface area (Å²) in [5.41, 5.74) is 0. The second kappa shape index (κ2) is 3.53. The Balaban J connectivity index is 2.43. The van der Waals surface area contributed by atoms with Gasteiger partial charge < -0.3 is 0 Å². The highest BCUT2D eigenvalue weighted by atomic mass is 19.1. The molecule has 1 heterocycles. The van der Waals surface area contributed by atoms with E-state index in [0.717, 1.165) is 13.0 Å². The van der Waals surface area contributed by atoms with E-state index in [0.29, 0.717) is 12.6 Å². The Morgan fingerprint density at radius 3 is 2.36 bits per heavy atom. The lowest BCUT2D eigenvalue weighted by atomic mass is 10.1. The first-order chi connectivity index (χ1) is 5.15. The van der Waals surface area contributed by atoms with Crippen molar-refractivity contribution in [3.05, 3.63) is 0 Å². The van der Waals surface area contributed by atoms with Gasteiger partial charge in [0.05, 0.1) is 0 Å². The number of likely N-dealkylation sites (tertiary alicyclic amines) is 1. The van der Waals surface area contributed by atoms with Crippen molar-refractivity contribution in [1.82, 2.24) is 4.90 Å². The lowest BCUT2D eigenvalue weighted by Gasteiger charge is -2.19. The van der Waals surface area contributed by atoms with Gasteiger partial charge in [-0.25, -0.2) is 4.39 Å². The summed E-state index contributed by atoms with van der Waals surface area (Å²) in [6, 6.07) is 0.504. The van der Waals surface area contributed by atoms with Crippen molar-refractivity contribution in [1.29, 1.82) is 0 Å². The van der Waals surface area contributed by atoms with Crippen molar-refractivity contribution < 1.29 is 4.39 Å². The summed E-state index contributed by atoms with van der Waals surface area (Å²) in [7, 11) is 0. The fraction of sp³-hybridized carbons (Fsp3) is 1.00. The Morgan fingerprint density at radius 2 is 2.09 bits per heavy atom. The number of rotatable bonds is 2.